The molecular formula is C31H37ClN4O4. The fourth-order valence-corrected chi connectivity index (χ4v) is 6.30. The van der Waals surface area contributed by atoms with Gasteiger partial charge in [0.2, 0.25) is 5.91 Å². The normalized spacial score (nSPS) is 21.0. The van der Waals surface area contributed by atoms with Gasteiger partial charge in [0.05, 0.1) is 41.0 Å². The fraction of sp³-hybridized carbons (Fsp3) is 0.452. The van der Waals surface area contributed by atoms with Gasteiger partial charge < -0.3 is 23.5 Å². The summed E-state index contributed by atoms with van der Waals surface area (Å²) in [5, 5.41) is 4.60. The lowest BCUT2D eigenvalue weighted by molar-refractivity contribution is -0.117. The molecule has 2 aliphatic rings. The maximum Gasteiger partial charge on any atom is 0.227 e. The molecular weight excluding hydrogens is 528 g/mol. The number of carbonyl (C=O) groups excluding carboxylic acids is 1. The SMILES string of the molecule is CC.COc1ccc(N2C(=O)CC[C@H]2c2nc3cc(-c4c(C)noc4C)ccc3n2C2CCOC(C)C2)cc1Cl. The van der Waals surface area contributed by atoms with Crippen LogP contribution in [0.3, 0.4) is 0 Å². The molecule has 6 rings (SSSR count). The number of methoxy groups -OCH3 is 1. The Balaban J connectivity index is 0.00000158. The first kappa shape index (κ1) is 28.2. The van der Waals surface area contributed by atoms with Crippen LogP contribution in [0.25, 0.3) is 22.2 Å². The van der Waals surface area contributed by atoms with Gasteiger partial charge in [0, 0.05) is 30.3 Å². The van der Waals surface area contributed by atoms with E-state index in [-0.39, 0.29) is 24.1 Å². The summed E-state index contributed by atoms with van der Waals surface area (Å²) in [6.07, 6.45) is 3.07. The van der Waals surface area contributed by atoms with Crippen molar-refractivity contribution in [3.8, 4) is 16.9 Å². The van der Waals surface area contributed by atoms with Crippen molar-refractivity contribution in [2.45, 2.75) is 78.5 Å². The van der Waals surface area contributed by atoms with Gasteiger partial charge in [0.25, 0.3) is 0 Å². The van der Waals surface area contributed by atoms with Gasteiger partial charge in [-0.3, -0.25) is 4.79 Å². The maximum atomic E-state index is 13.2. The third-order valence-corrected chi connectivity index (χ3v) is 8.08. The van der Waals surface area contributed by atoms with Gasteiger partial charge in [-0.15, -0.1) is 0 Å². The summed E-state index contributed by atoms with van der Waals surface area (Å²) in [5.41, 5.74) is 5.56. The number of amides is 1. The molecule has 212 valence electrons. The van der Waals surface area contributed by atoms with Gasteiger partial charge in [-0.1, -0.05) is 36.7 Å². The van der Waals surface area contributed by atoms with E-state index in [1.165, 1.54) is 0 Å². The van der Waals surface area contributed by atoms with Crippen LogP contribution in [0.4, 0.5) is 5.69 Å². The quantitative estimate of drug-likeness (QED) is 0.248. The molecule has 0 bridgehead atoms. The molecule has 3 atom stereocenters. The minimum Gasteiger partial charge on any atom is -0.495 e. The van der Waals surface area contributed by atoms with E-state index in [2.05, 4.69) is 34.8 Å². The van der Waals surface area contributed by atoms with Gasteiger partial charge in [0.15, 0.2) is 0 Å². The number of halogens is 1. The summed E-state index contributed by atoms with van der Waals surface area (Å²) in [4.78, 5) is 20.3. The smallest absolute Gasteiger partial charge is 0.227 e. The molecule has 0 radical (unpaired) electrons. The molecule has 0 saturated carbocycles. The van der Waals surface area contributed by atoms with Crippen LogP contribution in [0.2, 0.25) is 5.02 Å². The summed E-state index contributed by atoms with van der Waals surface area (Å²) in [5.74, 6) is 2.32. The third-order valence-electron chi connectivity index (χ3n) is 7.79. The summed E-state index contributed by atoms with van der Waals surface area (Å²) >= 11 is 6.46. The molecule has 0 N–H and O–H groups in total. The molecule has 0 spiro atoms. The Hall–Kier alpha value is -3.36. The summed E-state index contributed by atoms with van der Waals surface area (Å²) in [6.45, 7) is 10.7. The second-order valence-electron chi connectivity index (χ2n) is 10.2. The molecule has 4 aromatic rings. The standard InChI is InChI=1S/C29H31ClN4O4.C2H6/c1-16-13-21(11-12-37-16)34-24-7-5-19(28-17(2)32-38-18(28)3)14-23(24)31-29(34)25-8-10-27(35)33(25)20-6-9-26(36-4)22(30)15-20;1-2/h5-7,9,14-16,21,25H,8,10-13H2,1-4H3;1-2H3/t16?,21?,25-;/m0./s1. The number of carbonyl (C=O) groups is 1. The Morgan fingerprint density at radius 1 is 1.10 bits per heavy atom. The number of fused-ring (bicyclic) bond motifs is 1. The lowest BCUT2D eigenvalue weighted by Gasteiger charge is -2.32. The molecule has 0 aliphatic carbocycles. The lowest BCUT2D eigenvalue weighted by atomic mass is 10.0. The lowest BCUT2D eigenvalue weighted by Crippen LogP contribution is -2.32. The first-order chi connectivity index (χ1) is 19.4. The topological polar surface area (TPSA) is 82.6 Å². The second kappa shape index (κ2) is 11.6. The molecule has 2 saturated heterocycles. The molecule has 8 nitrogen and oxygen atoms in total. The number of imidazole rings is 1. The highest BCUT2D eigenvalue weighted by atomic mass is 35.5. The number of hydrogen-bond acceptors (Lipinski definition) is 6. The number of aromatic nitrogens is 3. The summed E-state index contributed by atoms with van der Waals surface area (Å²) in [7, 11) is 1.58. The highest BCUT2D eigenvalue weighted by Gasteiger charge is 2.38. The van der Waals surface area contributed by atoms with Crippen LogP contribution in [-0.4, -0.2) is 40.4 Å². The molecule has 4 heterocycles. The van der Waals surface area contributed by atoms with E-state index in [9.17, 15) is 4.79 Å². The maximum absolute atomic E-state index is 13.2. The van der Waals surface area contributed by atoms with Crippen LogP contribution in [0, 0.1) is 13.8 Å². The average molecular weight is 565 g/mol. The number of aryl methyl sites for hydroxylation is 2. The van der Waals surface area contributed by atoms with Crippen LogP contribution < -0.4 is 9.64 Å². The van der Waals surface area contributed by atoms with Gasteiger partial charge in [-0.2, -0.15) is 0 Å². The second-order valence-corrected chi connectivity index (χ2v) is 10.6. The zero-order chi connectivity index (χ0) is 28.6. The van der Waals surface area contributed by atoms with Crippen molar-refractivity contribution in [3.63, 3.8) is 0 Å². The van der Waals surface area contributed by atoms with Crippen molar-refractivity contribution in [1.29, 1.82) is 0 Å². The van der Waals surface area contributed by atoms with Crippen molar-refractivity contribution >= 4 is 34.2 Å². The minimum atomic E-state index is -0.208. The number of rotatable bonds is 5. The molecule has 40 heavy (non-hydrogen) atoms. The molecule has 2 aromatic heterocycles. The zero-order valence-corrected chi connectivity index (χ0v) is 24.8. The van der Waals surface area contributed by atoms with Gasteiger partial charge >= 0.3 is 0 Å². The molecule has 1 amide bonds. The van der Waals surface area contributed by atoms with E-state index < -0.39 is 0 Å². The first-order valence-corrected chi connectivity index (χ1v) is 14.5. The Kier molecular flexibility index (Phi) is 8.19. The van der Waals surface area contributed by atoms with E-state index in [0.29, 0.717) is 30.2 Å². The average Bonchev–Trinajstić information content (AvgIpc) is 3.63. The molecule has 2 fully saturated rings. The van der Waals surface area contributed by atoms with Crippen molar-refractivity contribution in [1.82, 2.24) is 14.7 Å². The van der Waals surface area contributed by atoms with Crippen molar-refractivity contribution in [3.05, 3.63) is 58.7 Å². The largest absolute Gasteiger partial charge is 0.495 e. The Labute approximate surface area is 240 Å². The Morgan fingerprint density at radius 3 is 2.58 bits per heavy atom. The monoisotopic (exact) mass is 564 g/mol. The van der Waals surface area contributed by atoms with Crippen LogP contribution in [0.1, 0.15) is 75.8 Å². The molecule has 9 heteroatoms. The minimum absolute atomic E-state index is 0.0617. The summed E-state index contributed by atoms with van der Waals surface area (Å²) in [6, 6.07) is 11.9. The number of ether oxygens (including phenoxy) is 2. The van der Waals surface area contributed by atoms with Crippen LogP contribution in [-0.2, 0) is 9.53 Å². The first-order valence-electron chi connectivity index (χ1n) is 14.1. The van der Waals surface area contributed by atoms with Crippen molar-refractivity contribution in [2.24, 2.45) is 0 Å². The van der Waals surface area contributed by atoms with Gasteiger partial charge in [-0.25, -0.2) is 4.98 Å². The molecule has 2 aliphatic heterocycles. The molecule has 2 unspecified atom stereocenters. The number of anilines is 1. The fourth-order valence-electron chi connectivity index (χ4n) is 6.05. The van der Waals surface area contributed by atoms with Gasteiger partial charge in [0.1, 0.15) is 17.3 Å². The highest BCUT2D eigenvalue weighted by Crippen LogP contribution is 2.43. The van der Waals surface area contributed by atoms with Crippen LogP contribution in [0.15, 0.2) is 40.9 Å². The van der Waals surface area contributed by atoms with Gasteiger partial charge in [-0.05, 0) is 75.9 Å². The van der Waals surface area contributed by atoms with E-state index in [1.807, 2.05) is 38.7 Å². The Morgan fingerprint density at radius 2 is 1.90 bits per heavy atom. The predicted molar refractivity (Wildman–Crippen MR) is 157 cm³/mol. The number of hydrogen-bond donors (Lipinski definition) is 0. The number of benzene rings is 2. The van der Waals surface area contributed by atoms with Crippen molar-refractivity contribution < 1.29 is 18.8 Å². The number of nitrogens with zero attached hydrogens (tertiary/aromatic N) is 4. The van der Waals surface area contributed by atoms with Crippen LogP contribution in [0.5, 0.6) is 5.75 Å². The zero-order valence-electron chi connectivity index (χ0n) is 24.0. The third kappa shape index (κ3) is 4.99. The molecule has 2 aromatic carbocycles. The van der Waals surface area contributed by atoms with Crippen molar-refractivity contribution in [2.75, 3.05) is 18.6 Å². The van der Waals surface area contributed by atoms with E-state index in [4.69, 9.17) is 30.6 Å². The Bertz CT molecular complexity index is 1510. The van der Waals surface area contributed by atoms with E-state index in [1.54, 1.807) is 19.2 Å². The van der Waals surface area contributed by atoms with Crippen LogP contribution >= 0.6 is 11.6 Å². The van der Waals surface area contributed by atoms with E-state index in [0.717, 1.165) is 58.0 Å². The highest BCUT2D eigenvalue weighted by molar-refractivity contribution is 6.32. The summed E-state index contributed by atoms with van der Waals surface area (Å²) < 4.78 is 19.0. The predicted octanol–water partition coefficient (Wildman–Crippen LogP) is 7.60. The van der Waals surface area contributed by atoms with E-state index >= 15 is 0 Å².